The maximum absolute atomic E-state index is 12.6. The Morgan fingerprint density at radius 3 is 2.64 bits per heavy atom. The van der Waals surface area contributed by atoms with Crippen molar-refractivity contribution in [2.45, 2.75) is 19.8 Å². The summed E-state index contributed by atoms with van der Waals surface area (Å²) in [6, 6.07) is 5.03. The lowest BCUT2D eigenvalue weighted by Crippen LogP contribution is -2.42. The van der Waals surface area contributed by atoms with Crippen molar-refractivity contribution in [1.29, 1.82) is 0 Å². The van der Waals surface area contributed by atoms with Crippen LogP contribution in [0.4, 0.5) is 5.69 Å². The highest BCUT2D eigenvalue weighted by Crippen LogP contribution is 2.28. The molecule has 3 heterocycles. The third kappa shape index (κ3) is 4.43. The second kappa shape index (κ2) is 7.76. The number of nitrogens with zero attached hydrogens (tertiary/aromatic N) is 1. The topological polar surface area (TPSA) is 83.1 Å². The molecule has 2 aromatic heterocycles. The quantitative estimate of drug-likeness (QED) is 0.767. The van der Waals surface area contributed by atoms with Crippen LogP contribution in [0.1, 0.15) is 39.8 Å². The largest absolute Gasteiger partial charge is 0.351 e. The Bertz CT molecular complexity index is 739. The monoisotopic (exact) mass is 358 g/mol. The van der Waals surface area contributed by atoms with E-state index in [9.17, 15) is 9.59 Å². The van der Waals surface area contributed by atoms with Crippen LogP contribution in [0.15, 0.2) is 36.0 Å². The summed E-state index contributed by atoms with van der Waals surface area (Å²) in [5.41, 5.74) is 1.17. The number of thiophene rings is 1. The van der Waals surface area contributed by atoms with Gasteiger partial charge in [0.15, 0.2) is 0 Å². The zero-order valence-corrected chi connectivity index (χ0v) is 15.0. The number of nitrogens with one attached hydrogen (secondary N) is 3. The third-order valence-corrected chi connectivity index (χ3v) is 5.46. The predicted molar refractivity (Wildman–Crippen MR) is 99.1 cm³/mol. The van der Waals surface area contributed by atoms with Gasteiger partial charge in [0.25, 0.3) is 11.8 Å². The third-order valence-electron chi connectivity index (χ3n) is 4.55. The molecule has 1 aliphatic heterocycles. The fourth-order valence-corrected chi connectivity index (χ4v) is 3.63. The van der Waals surface area contributed by atoms with E-state index in [1.807, 2.05) is 5.38 Å². The van der Waals surface area contributed by atoms with E-state index in [0.717, 1.165) is 25.9 Å². The maximum Gasteiger partial charge on any atom is 0.263 e. The minimum atomic E-state index is -0.250. The number of aromatic nitrogens is 1. The average molecular weight is 358 g/mol. The SMILES string of the molecule is CC1(CNC(=O)c2sccc2NC(=O)c2ccncc2)CCNCC1. The minimum absolute atomic E-state index is 0.124. The van der Waals surface area contributed by atoms with Crippen LogP contribution in [0.5, 0.6) is 0 Å². The lowest BCUT2D eigenvalue weighted by atomic mass is 9.81. The van der Waals surface area contributed by atoms with Crippen LogP contribution < -0.4 is 16.0 Å². The number of carbonyl (C=O) groups is 2. The summed E-state index contributed by atoms with van der Waals surface area (Å²) < 4.78 is 0. The number of anilines is 1. The molecule has 3 rings (SSSR count). The van der Waals surface area contributed by atoms with Crippen LogP contribution in [-0.2, 0) is 0 Å². The molecule has 7 heteroatoms. The highest BCUT2D eigenvalue weighted by atomic mass is 32.1. The van der Waals surface area contributed by atoms with E-state index < -0.39 is 0 Å². The molecular weight excluding hydrogens is 336 g/mol. The van der Waals surface area contributed by atoms with Gasteiger partial charge in [-0.2, -0.15) is 0 Å². The van der Waals surface area contributed by atoms with Crippen molar-refractivity contribution < 1.29 is 9.59 Å². The van der Waals surface area contributed by atoms with Gasteiger partial charge in [0, 0.05) is 24.5 Å². The van der Waals surface area contributed by atoms with Gasteiger partial charge in [-0.15, -0.1) is 11.3 Å². The van der Waals surface area contributed by atoms with Crippen LogP contribution in [0.3, 0.4) is 0 Å². The van der Waals surface area contributed by atoms with E-state index in [1.54, 1.807) is 30.6 Å². The molecule has 6 nitrogen and oxygen atoms in total. The van der Waals surface area contributed by atoms with Crippen LogP contribution in [0.25, 0.3) is 0 Å². The predicted octanol–water partition coefficient (Wildman–Crippen LogP) is 2.51. The lowest BCUT2D eigenvalue weighted by molar-refractivity contribution is 0.0927. The molecule has 3 N–H and O–H groups in total. The number of amides is 2. The van der Waals surface area contributed by atoms with Crippen molar-refractivity contribution in [2.24, 2.45) is 5.41 Å². The van der Waals surface area contributed by atoms with E-state index in [-0.39, 0.29) is 17.2 Å². The van der Waals surface area contributed by atoms with Crippen molar-refractivity contribution in [3.8, 4) is 0 Å². The van der Waals surface area contributed by atoms with Gasteiger partial charge in [0.1, 0.15) is 4.88 Å². The molecule has 25 heavy (non-hydrogen) atoms. The zero-order valence-electron chi connectivity index (χ0n) is 14.2. The fraction of sp³-hybridized carbons (Fsp3) is 0.389. The Balaban J connectivity index is 1.62. The highest BCUT2D eigenvalue weighted by Gasteiger charge is 2.27. The van der Waals surface area contributed by atoms with E-state index in [0.29, 0.717) is 22.7 Å². The molecule has 1 saturated heterocycles. The Morgan fingerprint density at radius 1 is 1.20 bits per heavy atom. The first-order chi connectivity index (χ1) is 12.1. The van der Waals surface area contributed by atoms with Crippen molar-refractivity contribution in [2.75, 3.05) is 25.0 Å². The molecule has 0 aromatic carbocycles. The first-order valence-electron chi connectivity index (χ1n) is 8.35. The molecular formula is C18H22N4O2S. The number of pyridine rings is 1. The van der Waals surface area contributed by atoms with Gasteiger partial charge in [0.2, 0.25) is 0 Å². The average Bonchev–Trinajstić information content (AvgIpc) is 3.09. The van der Waals surface area contributed by atoms with E-state index in [1.165, 1.54) is 11.3 Å². The van der Waals surface area contributed by atoms with Crippen LogP contribution in [-0.4, -0.2) is 36.4 Å². The molecule has 0 atom stereocenters. The molecule has 1 fully saturated rings. The van der Waals surface area contributed by atoms with E-state index in [4.69, 9.17) is 0 Å². The molecule has 132 valence electrons. The molecule has 2 amide bonds. The molecule has 0 aliphatic carbocycles. The smallest absolute Gasteiger partial charge is 0.263 e. The molecule has 0 bridgehead atoms. The Hall–Kier alpha value is -2.25. The summed E-state index contributed by atoms with van der Waals surface area (Å²) in [5, 5.41) is 11.0. The second-order valence-corrected chi connectivity index (χ2v) is 7.51. The summed E-state index contributed by atoms with van der Waals surface area (Å²) in [7, 11) is 0. The van der Waals surface area contributed by atoms with E-state index >= 15 is 0 Å². The number of hydrogen-bond donors (Lipinski definition) is 3. The van der Waals surface area contributed by atoms with Gasteiger partial charge >= 0.3 is 0 Å². The molecule has 2 aromatic rings. The number of carbonyl (C=O) groups excluding carboxylic acids is 2. The molecule has 0 radical (unpaired) electrons. The molecule has 1 aliphatic rings. The van der Waals surface area contributed by atoms with Gasteiger partial charge in [-0.05, 0) is 54.9 Å². The lowest BCUT2D eigenvalue weighted by Gasteiger charge is -2.34. The first-order valence-corrected chi connectivity index (χ1v) is 9.23. The minimum Gasteiger partial charge on any atom is -0.351 e. The van der Waals surface area contributed by atoms with Crippen molar-refractivity contribution in [3.05, 3.63) is 46.4 Å². The van der Waals surface area contributed by atoms with Crippen molar-refractivity contribution >= 4 is 28.8 Å². The van der Waals surface area contributed by atoms with Gasteiger partial charge in [0.05, 0.1) is 5.69 Å². The summed E-state index contributed by atoms with van der Waals surface area (Å²) >= 11 is 1.33. The summed E-state index contributed by atoms with van der Waals surface area (Å²) in [4.78, 5) is 29.2. The second-order valence-electron chi connectivity index (χ2n) is 6.60. The van der Waals surface area contributed by atoms with E-state index in [2.05, 4.69) is 27.9 Å². The van der Waals surface area contributed by atoms with Crippen molar-refractivity contribution in [1.82, 2.24) is 15.6 Å². The molecule has 0 spiro atoms. The van der Waals surface area contributed by atoms with Gasteiger partial charge in [-0.3, -0.25) is 14.6 Å². The van der Waals surface area contributed by atoms with Gasteiger partial charge in [-0.1, -0.05) is 6.92 Å². The van der Waals surface area contributed by atoms with Crippen molar-refractivity contribution in [3.63, 3.8) is 0 Å². The van der Waals surface area contributed by atoms with Crippen LogP contribution in [0, 0.1) is 5.41 Å². The maximum atomic E-state index is 12.6. The Morgan fingerprint density at radius 2 is 1.92 bits per heavy atom. The normalized spacial score (nSPS) is 16.2. The van der Waals surface area contributed by atoms with Gasteiger partial charge in [-0.25, -0.2) is 0 Å². The Labute approximate surface area is 151 Å². The highest BCUT2D eigenvalue weighted by molar-refractivity contribution is 7.12. The standard InChI is InChI=1S/C18H22N4O2S/c1-18(5-9-20-10-6-18)12-21-17(24)15-14(4-11-25-15)22-16(23)13-2-7-19-8-3-13/h2-4,7-8,11,20H,5-6,9-10,12H2,1H3,(H,21,24)(H,22,23). The summed E-state index contributed by atoms with van der Waals surface area (Å²) in [5.74, 6) is -0.389. The zero-order chi connectivity index (χ0) is 17.7. The van der Waals surface area contributed by atoms with Gasteiger partial charge < -0.3 is 16.0 Å². The fourth-order valence-electron chi connectivity index (χ4n) is 2.86. The molecule has 0 saturated carbocycles. The Kier molecular flexibility index (Phi) is 5.45. The number of rotatable bonds is 5. The molecule has 0 unspecified atom stereocenters. The number of hydrogen-bond acceptors (Lipinski definition) is 5. The number of piperidine rings is 1. The summed E-state index contributed by atoms with van der Waals surface area (Å²) in [6.45, 7) is 4.81. The first kappa shape index (κ1) is 17.6. The summed E-state index contributed by atoms with van der Waals surface area (Å²) in [6.07, 6.45) is 5.22. The van der Waals surface area contributed by atoms with Crippen LogP contribution in [0.2, 0.25) is 0 Å². The van der Waals surface area contributed by atoms with Crippen LogP contribution >= 0.6 is 11.3 Å².